The van der Waals surface area contributed by atoms with Gasteiger partial charge in [-0.3, -0.25) is 4.79 Å². The molecule has 0 aromatic carbocycles. The van der Waals surface area contributed by atoms with Crippen LogP contribution in [0.5, 0.6) is 0 Å². The van der Waals surface area contributed by atoms with Gasteiger partial charge in [-0.05, 0) is 19.3 Å². The highest BCUT2D eigenvalue weighted by Crippen LogP contribution is 2.40. The van der Waals surface area contributed by atoms with Crippen molar-refractivity contribution in [1.29, 1.82) is 0 Å². The summed E-state index contributed by atoms with van der Waals surface area (Å²) in [6.45, 7) is 2.07. The van der Waals surface area contributed by atoms with Gasteiger partial charge in [0.1, 0.15) is 0 Å². The Morgan fingerprint density at radius 3 is 2.67 bits per heavy atom. The molecule has 1 saturated carbocycles. The van der Waals surface area contributed by atoms with Crippen LogP contribution in [0, 0.1) is 5.41 Å². The molecule has 0 aromatic heterocycles. The molecule has 0 radical (unpaired) electrons. The molecule has 12 heavy (non-hydrogen) atoms. The highest BCUT2D eigenvalue weighted by Gasteiger charge is 2.44. The highest BCUT2D eigenvalue weighted by atomic mass is 16.1. The predicted octanol–water partition coefficient (Wildman–Crippen LogP) is 0.769. The molecule has 70 valence electrons. The van der Waals surface area contributed by atoms with Crippen molar-refractivity contribution in [3.05, 3.63) is 0 Å². The molecule has 2 atom stereocenters. The lowest BCUT2D eigenvalue weighted by Crippen LogP contribution is -2.47. The minimum Gasteiger partial charge on any atom is -0.369 e. The molecule has 1 fully saturated rings. The zero-order valence-electron chi connectivity index (χ0n) is 7.68. The number of nitrogens with two attached hydrogens (primary N) is 2. The van der Waals surface area contributed by atoms with E-state index in [9.17, 15) is 4.79 Å². The number of hydrogen-bond donors (Lipinski definition) is 2. The number of primary amides is 1. The number of carbonyl (C=O) groups excluding carboxylic acids is 1. The van der Waals surface area contributed by atoms with E-state index in [-0.39, 0.29) is 17.4 Å². The third-order valence-corrected chi connectivity index (χ3v) is 3.03. The van der Waals surface area contributed by atoms with Gasteiger partial charge in [0.2, 0.25) is 5.91 Å². The van der Waals surface area contributed by atoms with Gasteiger partial charge in [-0.15, -0.1) is 0 Å². The smallest absolute Gasteiger partial charge is 0.225 e. The second-order valence-corrected chi connectivity index (χ2v) is 3.77. The van der Waals surface area contributed by atoms with Crippen LogP contribution >= 0.6 is 0 Å². The van der Waals surface area contributed by atoms with Crippen LogP contribution in [0.25, 0.3) is 0 Å². The average Bonchev–Trinajstić information content (AvgIpc) is 2.34. The lowest BCUT2D eigenvalue weighted by atomic mass is 9.78. The van der Waals surface area contributed by atoms with Crippen molar-refractivity contribution in [2.24, 2.45) is 16.9 Å². The Hall–Kier alpha value is -0.570. The van der Waals surface area contributed by atoms with Gasteiger partial charge in [0, 0.05) is 6.04 Å². The molecule has 2 unspecified atom stereocenters. The maximum atomic E-state index is 11.3. The van der Waals surface area contributed by atoms with E-state index in [4.69, 9.17) is 11.5 Å². The van der Waals surface area contributed by atoms with Crippen molar-refractivity contribution >= 4 is 5.91 Å². The molecule has 4 N–H and O–H groups in total. The average molecular weight is 170 g/mol. The summed E-state index contributed by atoms with van der Waals surface area (Å²) in [4.78, 5) is 11.3. The summed E-state index contributed by atoms with van der Waals surface area (Å²) < 4.78 is 0. The maximum Gasteiger partial charge on any atom is 0.225 e. The second-order valence-electron chi connectivity index (χ2n) is 3.77. The molecule has 0 saturated heterocycles. The first-order chi connectivity index (χ1) is 5.63. The molecule has 3 heteroatoms. The van der Waals surface area contributed by atoms with Gasteiger partial charge in [0.05, 0.1) is 5.41 Å². The molecule has 0 spiro atoms. The van der Waals surface area contributed by atoms with E-state index < -0.39 is 0 Å². The van der Waals surface area contributed by atoms with Crippen LogP contribution < -0.4 is 11.5 Å². The van der Waals surface area contributed by atoms with Gasteiger partial charge in [0.25, 0.3) is 0 Å². The fourth-order valence-electron chi connectivity index (χ4n) is 2.28. The van der Waals surface area contributed by atoms with Crippen LogP contribution in [0.3, 0.4) is 0 Å². The molecule has 0 bridgehead atoms. The lowest BCUT2D eigenvalue weighted by Gasteiger charge is -2.29. The first-order valence-electron chi connectivity index (χ1n) is 4.69. The van der Waals surface area contributed by atoms with Gasteiger partial charge in [0.15, 0.2) is 0 Å². The minimum absolute atomic E-state index is 0.00468. The van der Waals surface area contributed by atoms with Gasteiger partial charge < -0.3 is 11.5 Å². The first kappa shape index (κ1) is 9.52. The van der Waals surface area contributed by atoms with Crippen LogP contribution in [0.15, 0.2) is 0 Å². The van der Waals surface area contributed by atoms with Gasteiger partial charge in [-0.2, -0.15) is 0 Å². The van der Waals surface area contributed by atoms with Crippen LogP contribution in [0.1, 0.15) is 39.0 Å². The summed E-state index contributed by atoms with van der Waals surface area (Å²) >= 11 is 0. The Morgan fingerprint density at radius 2 is 2.33 bits per heavy atom. The molecule has 0 aliphatic heterocycles. The van der Waals surface area contributed by atoms with E-state index in [1.807, 2.05) is 0 Å². The van der Waals surface area contributed by atoms with Crippen molar-refractivity contribution in [2.75, 3.05) is 0 Å². The highest BCUT2D eigenvalue weighted by molar-refractivity contribution is 5.82. The van der Waals surface area contributed by atoms with Crippen molar-refractivity contribution in [2.45, 2.75) is 45.1 Å². The molecule has 0 heterocycles. The van der Waals surface area contributed by atoms with E-state index in [2.05, 4.69) is 6.92 Å². The van der Waals surface area contributed by atoms with Gasteiger partial charge >= 0.3 is 0 Å². The van der Waals surface area contributed by atoms with Crippen molar-refractivity contribution < 1.29 is 4.79 Å². The van der Waals surface area contributed by atoms with Crippen LogP contribution in [-0.4, -0.2) is 11.9 Å². The Balaban J connectivity index is 2.77. The summed E-state index contributed by atoms with van der Waals surface area (Å²) in [5.41, 5.74) is 10.9. The van der Waals surface area contributed by atoms with E-state index >= 15 is 0 Å². The Morgan fingerprint density at radius 1 is 1.67 bits per heavy atom. The van der Waals surface area contributed by atoms with Crippen LogP contribution in [0.2, 0.25) is 0 Å². The molecule has 1 amide bonds. The van der Waals surface area contributed by atoms with Crippen molar-refractivity contribution in [3.8, 4) is 0 Å². The number of amides is 1. The fourth-order valence-corrected chi connectivity index (χ4v) is 2.28. The summed E-state index contributed by atoms with van der Waals surface area (Å²) in [5, 5.41) is 0. The summed E-state index contributed by atoms with van der Waals surface area (Å²) in [6, 6.07) is -0.00468. The van der Waals surface area contributed by atoms with Crippen LogP contribution in [0.4, 0.5) is 0 Å². The molecular formula is C9H18N2O. The van der Waals surface area contributed by atoms with E-state index in [1.54, 1.807) is 0 Å². The second kappa shape index (κ2) is 3.44. The molecule has 1 aliphatic rings. The molecular weight excluding hydrogens is 152 g/mol. The minimum atomic E-state index is -0.380. The number of hydrogen-bond acceptors (Lipinski definition) is 2. The maximum absolute atomic E-state index is 11.3. The van der Waals surface area contributed by atoms with Crippen LogP contribution in [-0.2, 0) is 4.79 Å². The SMILES string of the molecule is CCCC1(C(N)=O)CCCC1N. The van der Waals surface area contributed by atoms with E-state index in [0.717, 1.165) is 32.1 Å². The first-order valence-corrected chi connectivity index (χ1v) is 4.69. The Bertz CT molecular complexity index is 181. The molecule has 3 nitrogen and oxygen atoms in total. The normalized spacial score (nSPS) is 35.3. The fraction of sp³-hybridized carbons (Fsp3) is 0.889. The summed E-state index contributed by atoms with van der Waals surface area (Å²) in [5.74, 6) is -0.200. The molecule has 1 rings (SSSR count). The van der Waals surface area contributed by atoms with E-state index in [0.29, 0.717) is 0 Å². The zero-order chi connectivity index (χ0) is 9.19. The van der Waals surface area contributed by atoms with Gasteiger partial charge in [-0.1, -0.05) is 19.8 Å². The predicted molar refractivity (Wildman–Crippen MR) is 48.4 cm³/mol. The lowest BCUT2D eigenvalue weighted by molar-refractivity contribution is -0.128. The van der Waals surface area contributed by atoms with Crippen molar-refractivity contribution in [3.63, 3.8) is 0 Å². The van der Waals surface area contributed by atoms with E-state index in [1.165, 1.54) is 0 Å². The topological polar surface area (TPSA) is 69.1 Å². The monoisotopic (exact) mass is 170 g/mol. The molecule has 1 aliphatic carbocycles. The zero-order valence-corrected chi connectivity index (χ0v) is 7.68. The number of carbonyl (C=O) groups is 1. The summed E-state index contributed by atoms with van der Waals surface area (Å²) in [6.07, 6.45) is 4.71. The Labute approximate surface area is 73.5 Å². The Kier molecular flexibility index (Phi) is 2.73. The number of rotatable bonds is 3. The third kappa shape index (κ3) is 1.33. The summed E-state index contributed by atoms with van der Waals surface area (Å²) in [7, 11) is 0. The largest absolute Gasteiger partial charge is 0.369 e. The van der Waals surface area contributed by atoms with Crippen molar-refractivity contribution in [1.82, 2.24) is 0 Å². The third-order valence-electron chi connectivity index (χ3n) is 3.03. The quantitative estimate of drug-likeness (QED) is 0.656. The standard InChI is InChI=1S/C9H18N2O/c1-2-5-9(8(11)12)6-3-4-7(9)10/h7H,2-6,10H2,1H3,(H2,11,12). The molecule has 0 aromatic rings. The van der Waals surface area contributed by atoms with Gasteiger partial charge in [-0.25, -0.2) is 0 Å².